The van der Waals surface area contributed by atoms with Crippen molar-refractivity contribution < 1.29 is 22.6 Å². The van der Waals surface area contributed by atoms with Crippen LogP contribution in [0.4, 0.5) is 13.2 Å². The first kappa shape index (κ1) is 22.1. The van der Waals surface area contributed by atoms with Crippen LogP contribution >= 0.6 is 35.4 Å². The molecule has 158 valence electrons. The summed E-state index contributed by atoms with van der Waals surface area (Å²) < 4.78 is 50.1. The molecule has 0 unspecified atom stereocenters. The highest BCUT2D eigenvalue weighted by molar-refractivity contribution is 7.71. The zero-order chi connectivity index (χ0) is 21.9. The number of H-pyrrole nitrogens is 1. The van der Waals surface area contributed by atoms with Crippen molar-refractivity contribution in [2.45, 2.75) is 12.8 Å². The Morgan fingerprint density at radius 2 is 1.90 bits per heavy atom. The number of methoxy groups -OCH3 is 1. The quantitative estimate of drug-likeness (QED) is 0.364. The highest BCUT2D eigenvalue weighted by Crippen LogP contribution is 2.31. The largest absolute Gasteiger partial charge is 0.493 e. The van der Waals surface area contributed by atoms with Gasteiger partial charge in [-0.1, -0.05) is 29.3 Å². The molecule has 1 aromatic heterocycles. The highest BCUT2D eigenvalue weighted by Gasteiger charge is 2.37. The molecule has 30 heavy (non-hydrogen) atoms. The van der Waals surface area contributed by atoms with Crippen LogP contribution in [0.5, 0.6) is 11.5 Å². The van der Waals surface area contributed by atoms with E-state index >= 15 is 0 Å². The van der Waals surface area contributed by atoms with Gasteiger partial charge >= 0.3 is 6.18 Å². The van der Waals surface area contributed by atoms with Gasteiger partial charge in [-0.05, 0) is 48.1 Å². The first-order valence-electron chi connectivity index (χ1n) is 8.23. The molecule has 1 N–H and O–H groups in total. The average molecular weight is 477 g/mol. The number of rotatable bonds is 6. The van der Waals surface area contributed by atoms with Crippen molar-refractivity contribution in [2.75, 3.05) is 7.11 Å². The Balaban J connectivity index is 1.82. The number of aromatic nitrogens is 3. The van der Waals surface area contributed by atoms with E-state index in [9.17, 15) is 13.2 Å². The van der Waals surface area contributed by atoms with Gasteiger partial charge < -0.3 is 9.47 Å². The fourth-order valence-electron chi connectivity index (χ4n) is 2.41. The van der Waals surface area contributed by atoms with Gasteiger partial charge in [-0.25, -0.2) is 5.10 Å². The van der Waals surface area contributed by atoms with Gasteiger partial charge in [0.25, 0.3) is 5.82 Å². The van der Waals surface area contributed by atoms with Crippen molar-refractivity contribution in [3.8, 4) is 11.5 Å². The molecule has 2 aromatic carbocycles. The van der Waals surface area contributed by atoms with Crippen molar-refractivity contribution in [2.24, 2.45) is 5.10 Å². The first-order chi connectivity index (χ1) is 14.2. The summed E-state index contributed by atoms with van der Waals surface area (Å²) in [4.78, 5) is 0. The Kier molecular flexibility index (Phi) is 6.69. The smallest absolute Gasteiger partial charge is 0.453 e. The fourth-order valence-corrected chi connectivity index (χ4v) is 3.10. The molecule has 0 fully saturated rings. The topological polar surface area (TPSA) is 64.4 Å². The molecule has 0 aliphatic rings. The second-order valence-electron chi connectivity index (χ2n) is 5.81. The lowest BCUT2D eigenvalue weighted by Crippen LogP contribution is -2.12. The maximum absolute atomic E-state index is 13.0. The molecule has 0 amide bonds. The molecule has 3 rings (SSSR count). The third-order valence-electron chi connectivity index (χ3n) is 3.85. The van der Waals surface area contributed by atoms with E-state index in [0.717, 1.165) is 0 Å². The van der Waals surface area contributed by atoms with Gasteiger partial charge in [-0.3, -0.25) is 0 Å². The minimum absolute atomic E-state index is 0.0986. The van der Waals surface area contributed by atoms with Crippen molar-refractivity contribution >= 4 is 41.6 Å². The van der Waals surface area contributed by atoms with Gasteiger partial charge in [0, 0.05) is 15.6 Å². The van der Waals surface area contributed by atoms with Crippen LogP contribution in [0, 0.1) is 4.77 Å². The minimum Gasteiger partial charge on any atom is -0.493 e. The predicted octanol–water partition coefficient (Wildman–Crippen LogP) is 5.74. The summed E-state index contributed by atoms with van der Waals surface area (Å²) in [5, 5.41) is 9.91. The van der Waals surface area contributed by atoms with Crippen LogP contribution in [-0.2, 0) is 12.8 Å². The molecule has 3 aromatic rings. The van der Waals surface area contributed by atoms with Gasteiger partial charge in [0.15, 0.2) is 11.5 Å². The first-order valence-corrected chi connectivity index (χ1v) is 9.40. The summed E-state index contributed by atoms with van der Waals surface area (Å²) in [6.45, 7) is 0.0986. The number of nitrogens with zero attached hydrogens (tertiary/aromatic N) is 3. The fraction of sp³-hybridized carbons (Fsp3) is 0.167. The number of halogens is 5. The lowest BCUT2D eigenvalue weighted by atomic mass is 10.2. The molecule has 0 atom stereocenters. The Bertz CT molecular complexity index is 1120. The van der Waals surface area contributed by atoms with E-state index in [0.29, 0.717) is 37.3 Å². The second kappa shape index (κ2) is 9.07. The number of hydrogen-bond acceptors (Lipinski definition) is 5. The molecule has 6 nitrogen and oxygen atoms in total. The van der Waals surface area contributed by atoms with Crippen LogP contribution in [0.1, 0.15) is 17.0 Å². The van der Waals surface area contributed by atoms with Crippen molar-refractivity contribution in [3.05, 3.63) is 68.2 Å². The van der Waals surface area contributed by atoms with E-state index < -0.39 is 12.0 Å². The molecular weight excluding hydrogens is 464 g/mol. The second-order valence-corrected chi connectivity index (χ2v) is 7.01. The van der Waals surface area contributed by atoms with Crippen LogP contribution in [0.2, 0.25) is 10.0 Å². The predicted molar refractivity (Wildman–Crippen MR) is 109 cm³/mol. The lowest BCUT2D eigenvalue weighted by molar-refractivity contribution is -0.147. The summed E-state index contributed by atoms with van der Waals surface area (Å²) in [7, 11) is 1.43. The SMILES string of the molecule is COc1cc(/C=N\n2c(C(F)(F)F)n[nH]c2=S)ccc1OCc1c(Cl)cccc1Cl. The van der Waals surface area contributed by atoms with Gasteiger partial charge in [0.05, 0.1) is 13.3 Å². The monoisotopic (exact) mass is 476 g/mol. The highest BCUT2D eigenvalue weighted by atomic mass is 35.5. The zero-order valence-corrected chi connectivity index (χ0v) is 17.5. The van der Waals surface area contributed by atoms with E-state index in [2.05, 4.69) is 15.3 Å². The Morgan fingerprint density at radius 1 is 1.20 bits per heavy atom. The zero-order valence-electron chi connectivity index (χ0n) is 15.2. The van der Waals surface area contributed by atoms with Gasteiger partial charge in [0.2, 0.25) is 4.77 Å². The standard InChI is InChI=1S/C18H13Cl2F3N4O2S/c1-28-15-7-10(8-24-27-16(18(21,22)23)25-26-17(27)30)5-6-14(15)29-9-11-12(19)3-2-4-13(11)20/h2-8H,9H2,1H3,(H,26,30)/b24-8-. The lowest BCUT2D eigenvalue weighted by Gasteiger charge is -2.13. The maximum atomic E-state index is 13.0. The van der Waals surface area contributed by atoms with Crippen molar-refractivity contribution in [3.63, 3.8) is 0 Å². The third-order valence-corrected chi connectivity index (χ3v) is 4.82. The molecular formula is C18H13Cl2F3N4O2S. The summed E-state index contributed by atoms with van der Waals surface area (Å²) in [6, 6.07) is 9.83. The molecule has 1 heterocycles. The summed E-state index contributed by atoms with van der Waals surface area (Å²) in [5.74, 6) is -0.525. The molecule has 0 bridgehead atoms. The van der Waals surface area contributed by atoms with Gasteiger partial charge in [-0.15, -0.1) is 5.10 Å². The number of alkyl halides is 3. The number of nitrogens with one attached hydrogen (secondary N) is 1. The molecule has 0 aliphatic carbocycles. The van der Waals surface area contributed by atoms with Crippen LogP contribution in [-0.4, -0.2) is 28.2 Å². The summed E-state index contributed by atoms with van der Waals surface area (Å²) in [5.41, 5.74) is 1.06. The van der Waals surface area contributed by atoms with Crippen LogP contribution in [0.3, 0.4) is 0 Å². The molecule has 0 spiro atoms. The van der Waals surface area contributed by atoms with E-state index in [1.807, 2.05) is 0 Å². The molecule has 0 aliphatic heterocycles. The average Bonchev–Trinajstić information content (AvgIpc) is 3.07. The number of aromatic amines is 1. The van der Waals surface area contributed by atoms with E-state index in [1.165, 1.54) is 13.3 Å². The Hall–Kier alpha value is -2.56. The van der Waals surface area contributed by atoms with Gasteiger partial charge in [0.1, 0.15) is 6.61 Å². The number of benzene rings is 2. The van der Waals surface area contributed by atoms with Crippen LogP contribution in [0.15, 0.2) is 41.5 Å². The van der Waals surface area contributed by atoms with E-state index in [-0.39, 0.29) is 11.4 Å². The molecule has 0 saturated carbocycles. The number of hydrogen-bond donors (Lipinski definition) is 1. The molecule has 0 radical (unpaired) electrons. The van der Waals surface area contributed by atoms with Crippen LogP contribution in [0.25, 0.3) is 0 Å². The maximum Gasteiger partial charge on any atom is 0.453 e. The Labute approximate surface area is 183 Å². The van der Waals surface area contributed by atoms with E-state index in [1.54, 1.807) is 36.4 Å². The normalized spacial score (nSPS) is 11.8. The molecule has 0 saturated heterocycles. The number of ether oxygens (including phenoxy) is 2. The van der Waals surface area contributed by atoms with Gasteiger partial charge in [-0.2, -0.15) is 22.9 Å². The summed E-state index contributed by atoms with van der Waals surface area (Å²) >= 11 is 17.1. The minimum atomic E-state index is -4.71. The van der Waals surface area contributed by atoms with Crippen molar-refractivity contribution in [1.29, 1.82) is 0 Å². The van der Waals surface area contributed by atoms with E-state index in [4.69, 9.17) is 44.9 Å². The molecule has 12 heteroatoms. The third kappa shape index (κ3) is 4.94. The Morgan fingerprint density at radius 3 is 2.53 bits per heavy atom. The van der Waals surface area contributed by atoms with Crippen molar-refractivity contribution in [1.82, 2.24) is 14.9 Å². The summed E-state index contributed by atoms with van der Waals surface area (Å²) in [6.07, 6.45) is -3.52. The van der Waals surface area contributed by atoms with Crippen LogP contribution < -0.4 is 9.47 Å².